The fourth-order valence-electron chi connectivity index (χ4n) is 1.23. The number of hydrogen-bond acceptors (Lipinski definition) is 5. The Morgan fingerprint density at radius 2 is 2.20 bits per heavy atom. The summed E-state index contributed by atoms with van der Waals surface area (Å²) in [4.78, 5) is 8.12. The van der Waals surface area contributed by atoms with Gasteiger partial charge in [0.15, 0.2) is 0 Å². The molecule has 2 heterocycles. The first-order chi connectivity index (χ1) is 7.25. The average molecular weight is 204 g/mol. The lowest BCUT2D eigenvalue weighted by molar-refractivity contribution is 0.396. The lowest BCUT2D eigenvalue weighted by Gasteiger charge is -2.03. The summed E-state index contributed by atoms with van der Waals surface area (Å²) in [6, 6.07) is 1.89. The van der Waals surface area contributed by atoms with Crippen LogP contribution in [0.4, 0.5) is 5.82 Å². The molecular weight excluding hydrogens is 192 g/mol. The van der Waals surface area contributed by atoms with E-state index >= 15 is 0 Å². The van der Waals surface area contributed by atoms with Gasteiger partial charge in [-0.15, -0.1) is 0 Å². The molecule has 0 aliphatic heterocycles. The maximum Gasteiger partial charge on any atom is 0.138 e. The van der Waals surface area contributed by atoms with Crippen molar-refractivity contribution in [3.05, 3.63) is 35.6 Å². The van der Waals surface area contributed by atoms with E-state index < -0.39 is 0 Å². The first-order valence-corrected chi connectivity index (χ1v) is 4.68. The summed E-state index contributed by atoms with van der Waals surface area (Å²) < 4.78 is 4.95. The second-order valence-electron chi connectivity index (χ2n) is 3.31. The van der Waals surface area contributed by atoms with Gasteiger partial charge in [0.2, 0.25) is 0 Å². The Balaban J connectivity index is 2.02. The minimum absolute atomic E-state index is 0.659. The molecule has 5 nitrogen and oxygen atoms in total. The zero-order valence-corrected chi connectivity index (χ0v) is 8.69. The third kappa shape index (κ3) is 2.31. The minimum Gasteiger partial charge on any atom is -0.366 e. The Morgan fingerprint density at radius 3 is 2.87 bits per heavy atom. The number of nitrogens with one attached hydrogen (secondary N) is 1. The van der Waals surface area contributed by atoms with E-state index in [1.165, 1.54) is 6.33 Å². The maximum absolute atomic E-state index is 4.95. The van der Waals surface area contributed by atoms with Crippen LogP contribution in [0.2, 0.25) is 0 Å². The molecule has 0 aromatic carbocycles. The molecule has 2 aromatic rings. The molecule has 0 aliphatic carbocycles. The molecule has 15 heavy (non-hydrogen) atoms. The molecule has 1 N–H and O–H groups in total. The maximum atomic E-state index is 4.95. The number of nitrogens with zero attached hydrogens (tertiary/aromatic N) is 3. The molecule has 2 rings (SSSR count). The first-order valence-electron chi connectivity index (χ1n) is 4.68. The molecule has 78 valence electrons. The molecule has 0 bridgehead atoms. The van der Waals surface area contributed by atoms with Crippen molar-refractivity contribution in [3.8, 4) is 0 Å². The Hall–Kier alpha value is -1.91. The Bertz CT molecular complexity index is 452. The number of hydrogen-bond donors (Lipinski definition) is 1. The highest BCUT2D eigenvalue weighted by molar-refractivity contribution is 5.35. The van der Waals surface area contributed by atoms with Crippen LogP contribution < -0.4 is 5.32 Å². The van der Waals surface area contributed by atoms with Crippen LogP contribution in [-0.2, 0) is 6.54 Å². The van der Waals surface area contributed by atoms with Crippen molar-refractivity contribution >= 4 is 5.82 Å². The van der Waals surface area contributed by atoms with Gasteiger partial charge in [-0.25, -0.2) is 9.97 Å². The van der Waals surface area contributed by atoms with Crippen LogP contribution in [0.5, 0.6) is 0 Å². The highest BCUT2D eigenvalue weighted by atomic mass is 16.5. The monoisotopic (exact) mass is 204 g/mol. The van der Waals surface area contributed by atoms with E-state index in [2.05, 4.69) is 20.4 Å². The molecule has 0 unspecified atom stereocenters. The number of rotatable bonds is 3. The van der Waals surface area contributed by atoms with Crippen molar-refractivity contribution in [1.82, 2.24) is 15.1 Å². The zero-order valence-electron chi connectivity index (χ0n) is 8.69. The molecule has 0 atom stereocenters. The topological polar surface area (TPSA) is 63.8 Å². The van der Waals surface area contributed by atoms with Gasteiger partial charge in [0.25, 0.3) is 0 Å². The quantitative estimate of drug-likeness (QED) is 0.824. The fourth-order valence-corrected chi connectivity index (χ4v) is 1.23. The van der Waals surface area contributed by atoms with Crippen molar-refractivity contribution < 1.29 is 4.52 Å². The molecule has 0 radical (unpaired) electrons. The minimum atomic E-state index is 0.659. The van der Waals surface area contributed by atoms with Crippen LogP contribution in [0.15, 0.2) is 23.1 Å². The van der Waals surface area contributed by atoms with Gasteiger partial charge >= 0.3 is 0 Å². The van der Waals surface area contributed by atoms with Gasteiger partial charge in [-0.2, -0.15) is 0 Å². The Kier molecular flexibility index (Phi) is 2.62. The van der Waals surface area contributed by atoms with E-state index in [1.807, 2.05) is 19.9 Å². The van der Waals surface area contributed by atoms with E-state index in [0.29, 0.717) is 6.54 Å². The van der Waals surface area contributed by atoms with Crippen LogP contribution in [0.1, 0.15) is 17.0 Å². The molecule has 2 aromatic heterocycles. The number of aryl methyl sites for hydroxylation is 2. The lowest BCUT2D eigenvalue weighted by Crippen LogP contribution is -2.02. The second-order valence-corrected chi connectivity index (χ2v) is 3.31. The van der Waals surface area contributed by atoms with E-state index in [-0.39, 0.29) is 0 Å². The normalized spacial score (nSPS) is 10.3. The summed E-state index contributed by atoms with van der Waals surface area (Å²) in [5.74, 6) is 1.64. The largest absolute Gasteiger partial charge is 0.366 e. The third-order valence-electron chi connectivity index (χ3n) is 2.11. The zero-order chi connectivity index (χ0) is 10.7. The summed E-state index contributed by atoms with van der Waals surface area (Å²) in [6.45, 7) is 4.47. The summed E-state index contributed by atoms with van der Waals surface area (Å²) in [5, 5.41) is 6.88. The highest BCUT2D eigenvalue weighted by Crippen LogP contribution is 2.09. The Labute approximate surface area is 87.5 Å². The van der Waals surface area contributed by atoms with Crippen LogP contribution in [0.3, 0.4) is 0 Å². The summed E-state index contributed by atoms with van der Waals surface area (Å²) >= 11 is 0. The van der Waals surface area contributed by atoms with Gasteiger partial charge in [-0.05, 0) is 13.8 Å². The molecule has 0 amide bonds. The lowest BCUT2D eigenvalue weighted by atomic mass is 10.3. The standard InChI is InChI=1S/C10H12N4O/c1-7-3-10(13-6-12-7)11-4-9-5-14-15-8(9)2/h3,5-6H,4H2,1-2H3,(H,11,12,13). The van der Waals surface area contributed by atoms with E-state index in [9.17, 15) is 0 Å². The summed E-state index contributed by atoms with van der Waals surface area (Å²) in [7, 11) is 0. The van der Waals surface area contributed by atoms with Gasteiger partial charge in [0.1, 0.15) is 17.9 Å². The first kappa shape index (κ1) is 9.64. The highest BCUT2D eigenvalue weighted by Gasteiger charge is 2.02. The summed E-state index contributed by atoms with van der Waals surface area (Å²) in [5.41, 5.74) is 1.97. The van der Waals surface area contributed by atoms with Crippen molar-refractivity contribution in [2.45, 2.75) is 20.4 Å². The molecule has 0 spiro atoms. The van der Waals surface area contributed by atoms with E-state index in [1.54, 1.807) is 6.20 Å². The summed E-state index contributed by atoms with van der Waals surface area (Å²) in [6.07, 6.45) is 3.24. The van der Waals surface area contributed by atoms with Crippen LogP contribution in [-0.4, -0.2) is 15.1 Å². The van der Waals surface area contributed by atoms with Crippen LogP contribution >= 0.6 is 0 Å². The van der Waals surface area contributed by atoms with Crippen LogP contribution in [0.25, 0.3) is 0 Å². The smallest absolute Gasteiger partial charge is 0.138 e. The third-order valence-corrected chi connectivity index (χ3v) is 2.11. The van der Waals surface area contributed by atoms with Gasteiger partial charge < -0.3 is 9.84 Å². The Morgan fingerprint density at radius 1 is 1.33 bits per heavy atom. The average Bonchev–Trinajstić information content (AvgIpc) is 2.61. The fraction of sp³-hybridized carbons (Fsp3) is 0.300. The van der Waals surface area contributed by atoms with Crippen LogP contribution in [0, 0.1) is 13.8 Å². The van der Waals surface area contributed by atoms with E-state index in [0.717, 1.165) is 22.8 Å². The van der Waals surface area contributed by atoms with Gasteiger partial charge in [0, 0.05) is 23.9 Å². The second kappa shape index (κ2) is 4.08. The molecule has 0 saturated carbocycles. The number of aromatic nitrogens is 3. The molecule has 0 aliphatic rings. The number of anilines is 1. The SMILES string of the molecule is Cc1cc(NCc2cnoc2C)ncn1. The molecule has 5 heteroatoms. The van der Waals surface area contributed by atoms with Gasteiger partial charge in [-0.3, -0.25) is 0 Å². The van der Waals surface area contributed by atoms with E-state index in [4.69, 9.17) is 4.52 Å². The van der Waals surface area contributed by atoms with Gasteiger partial charge in [-0.1, -0.05) is 5.16 Å². The molecular formula is C10H12N4O. The van der Waals surface area contributed by atoms with Crippen molar-refractivity contribution in [1.29, 1.82) is 0 Å². The molecule has 0 saturated heterocycles. The predicted octanol–water partition coefficient (Wildman–Crippen LogP) is 1.69. The van der Waals surface area contributed by atoms with Gasteiger partial charge in [0.05, 0.1) is 6.20 Å². The van der Waals surface area contributed by atoms with Crippen molar-refractivity contribution in [3.63, 3.8) is 0 Å². The molecule has 0 fully saturated rings. The van der Waals surface area contributed by atoms with Crippen molar-refractivity contribution in [2.24, 2.45) is 0 Å². The predicted molar refractivity (Wildman–Crippen MR) is 55.3 cm³/mol. The van der Waals surface area contributed by atoms with Crippen molar-refractivity contribution in [2.75, 3.05) is 5.32 Å².